The number of carbonyl (C=O) groups excluding carboxylic acids is 1. The van der Waals surface area contributed by atoms with Crippen molar-refractivity contribution in [2.24, 2.45) is 0 Å². The third-order valence-electron chi connectivity index (χ3n) is 1.90. The standard InChI is InChI=1S/C7H13NO/c1-8-6-4-2-3-5-7(6)9/h6,8H,2-5H2,1H3. The van der Waals surface area contributed by atoms with Gasteiger partial charge in [0, 0.05) is 6.42 Å². The number of nitrogens with one attached hydrogen (secondary N) is 1. The fourth-order valence-electron chi connectivity index (χ4n) is 1.29. The number of carbonyl (C=O) groups is 1. The third kappa shape index (κ3) is 1.52. The van der Waals surface area contributed by atoms with Crippen molar-refractivity contribution in [3.8, 4) is 0 Å². The van der Waals surface area contributed by atoms with E-state index in [-0.39, 0.29) is 6.04 Å². The molecule has 52 valence electrons. The van der Waals surface area contributed by atoms with Gasteiger partial charge in [-0.1, -0.05) is 6.42 Å². The van der Waals surface area contributed by atoms with Crippen LogP contribution in [0.3, 0.4) is 0 Å². The summed E-state index contributed by atoms with van der Waals surface area (Å²) >= 11 is 0. The van der Waals surface area contributed by atoms with E-state index in [2.05, 4.69) is 5.32 Å². The van der Waals surface area contributed by atoms with Gasteiger partial charge in [0.1, 0.15) is 5.78 Å². The van der Waals surface area contributed by atoms with Crippen LogP contribution in [-0.2, 0) is 4.79 Å². The van der Waals surface area contributed by atoms with Crippen LogP contribution in [0.1, 0.15) is 25.7 Å². The van der Waals surface area contributed by atoms with E-state index >= 15 is 0 Å². The molecule has 1 N–H and O–H groups in total. The van der Waals surface area contributed by atoms with Gasteiger partial charge in [0.25, 0.3) is 0 Å². The molecule has 1 unspecified atom stereocenters. The lowest BCUT2D eigenvalue weighted by Crippen LogP contribution is -2.36. The van der Waals surface area contributed by atoms with Gasteiger partial charge in [0.2, 0.25) is 0 Å². The molecule has 1 fully saturated rings. The smallest absolute Gasteiger partial charge is 0.149 e. The lowest BCUT2D eigenvalue weighted by molar-refractivity contribution is -0.122. The van der Waals surface area contributed by atoms with E-state index in [0.717, 1.165) is 19.3 Å². The van der Waals surface area contributed by atoms with Gasteiger partial charge in [-0.25, -0.2) is 0 Å². The zero-order valence-electron chi connectivity index (χ0n) is 5.81. The second-order valence-electron chi connectivity index (χ2n) is 2.55. The third-order valence-corrected chi connectivity index (χ3v) is 1.90. The fourth-order valence-corrected chi connectivity index (χ4v) is 1.29. The molecule has 1 rings (SSSR count). The van der Waals surface area contributed by atoms with Crippen LogP contribution in [0, 0.1) is 0 Å². The molecule has 1 aliphatic rings. The minimum atomic E-state index is 0.166. The molecule has 1 aliphatic carbocycles. The van der Waals surface area contributed by atoms with E-state index in [4.69, 9.17) is 0 Å². The Labute approximate surface area is 55.6 Å². The molecule has 0 amide bonds. The first-order chi connectivity index (χ1) is 4.34. The summed E-state index contributed by atoms with van der Waals surface area (Å²) < 4.78 is 0. The van der Waals surface area contributed by atoms with E-state index in [1.165, 1.54) is 6.42 Å². The minimum Gasteiger partial charge on any atom is -0.311 e. The number of hydrogen-bond acceptors (Lipinski definition) is 2. The Hall–Kier alpha value is -0.370. The summed E-state index contributed by atoms with van der Waals surface area (Å²) in [6.07, 6.45) is 4.12. The highest BCUT2D eigenvalue weighted by Gasteiger charge is 2.19. The van der Waals surface area contributed by atoms with Gasteiger partial charge in [-0.15, -0.1) is 0 Å². The van der Waals surface area contributed by atoms with Crippen molar-refractivity contribution >= 4 is 5.78 Å². The van der Waals surface area contributed by atoms with Crippen LogP contribution >= 0.6 is 0 Å². The highest BCUT2D eigenvalue weighted by molar-refractivity contribution is 5.84. The zero-order valence-corrected chi connectivity index (χ0v) is 5.81. The monoisotopic (exact) mass is 127 g/mol. The first-order valence-electron chi connectivity index (χ1n) is 3.54. The van der Waals surface area contributed by atoms with Crippen molar-refractivity contribution in [3.63, 3.8) is 0 Å². The maximum atomic E-state index is 11.0. The first-order valence-corrected chi connectivity index (χ1v) is 3.54. The average Bonchev–Trinajstić information content (AvgIpc) is 1.89. The predicted octanol–water partition coefficient (Wildman–Crippen LogP) is 0.717. The minimum absolute atomic E-state index is 0.166. The van der Waals surface area contributed by atoms with Crippen LogP contribution in [0.2, 0.25) is 0 Å². The summed E-state index contributed by atoms with van der Waals surface area (Å²) in [4.78, 5) is 11.0. The number of Topliss-reactive ketones (excluding diaryl/α,β-unsaturated/α-hetero) is 1. The Morgan fingerprint density at radius 3 is 2.78 bits per heavy atom. The second kappa shape index (κ2) is 2.97. The van der Waals surface area contributed by atoms with Gasteiger partial charge in [0.15, 0.2) is 0 Å². The quantitative estimate of drug-likeness (QED) is 0.562. The van der Waals surface area contributed by atoms with Crippen LogP contribution in [0.15, 0.2) is 0 Å². The Kier molecular flexibility index (Phi) is 2.22. The normalized spacial score (nSPS) is 28.6. The van der Waals surface area contributed by atoms with Crippen molar-refractivity contribution in [1.82, 2.24) is 5.32 Å². The Balaban J connectivity index is 2.39. The van der Waals surface area contributed by atoms with E-state index in [1.54, 1.807) is 0 Å². The topological polar surface area (TPSA) is 29.1 Å². The summed E-state index contributed by atoms with van der Waals surface area (Å²) in [7, 11) is 1.86. The number of ketones is 1. The molecule has 1 saturated carbocycles. The molecular formula is C7H13NO. The Bertz CT molecular complexity index is 111. The maximum absolute atomic E-state index is 11.0. The Morgan fingerprint density at radius 1 is 1.56 bits per heavy atom. The van der Waals surface area contributed by atoms with Gasteiger partial charge in [-0.3, -0.25) is 4.79 Å². The number of rotatable bonds is 1. The van der Waals surface area contributed by atoms with Gasteiger partial charge in [-0.05, 0) is 19.9 Å². The average molecular weight is 127 g/mol. The highest BCUT2D eigenvalue weighted by Crippen LogP contribution is 2.13. The summed E-state index contributed by atoms with van der Waals surface area (Å²) in [6.45, 7) is 0. The molecule has 0 saturated heterocycles. The lowest BCUT2D eigenvalue weighted by atomic mass is 9.94. The molecule has 0 aromatic rings. The van der Waals surface area contributed by atoms with Crippen LogP contribution in [0.5, 0.6) is 0 Å². The van der Waals surface area contributed by atoms with E-state index in [1.807, 2.05) is 7.05 Å². The molecular weight excluding hydrogens is 114 g/mol. The molecule has 2 nitrogen and oxygen atoms in total. The van der Waals surface area contributed by atoms with Crippen molar-refractivity contribution in [3.05, 3.63) is 0 Å². The molecule has 0 aromatic carbocycles. The highest BCUT2D eigenvalue weighted by atomic mass is 16.1. The first kappa shape index (κ1) is 6.75. The predicted molar refractivity (Wildman–Crippen MR) is 36.3 cm³/mol. The SMILES string of the molecule is CNC1CCCCC1=O. The molecule has 0 radical (unpaired) electrons. The van der Waals surface area contributed by atoms with Crippen LogP contribution in [0.25, 0.3) is 0 Å². The molecule has 9 heavy (non-hydrogen) atoms. The van der Waals surface area contributed by atoms with Gasteiger partial charge < -0.3 is 5.32 Å². The van der Waals surface area contributed by atoms with E-state index < -0.39 is 0 Å². The van der Waals surface area contributed by atoms with E-state index in [0.29, 0.717) is 5.78 Å². The van der Waals surface area contributed by atoms with Crippen LogP contribution < -0.4 is 5.32 Å². The molecule has 1 atom stereocenters. The van der Waals surface area contributed by atoms with Crippen LogP contribution in [-0.4, -0.2) is 18.9 Å². The molecule has 2 heteroatoms. The number of hydrogen-bond donors (Lipinski definition) is 1. The maximum Gasteiger partial charge on any atom is 0.149 e. The van der Waals surface area contributed by atoms with Gasteiger partial charge in [-0.2, -0.15) is 0 Å². The van der Waals surface area contributed by atoms with Gasteiger partial charge in [0.05, 0.1) is 6.04 Å². The largest absolute Gasteiger partial charge is 0.311 e. The van der Waals surface area contributed by atoms with Crippen molar-refractivity contribution < 1.29 is 4.79 Å². The van der Waals surface area contributed by atoms with Crippen molar-refractivity contribution in [2.45, 2.75) is 31.7 Å². The van der Waals surface area contributed by atoms with Crippen molar-refractivity contribution in [2.75, 3.05) is 7.05 Å². The van der Waals surface area contributed by atoms with Crippen molar-refractivity contribution in [1.29, 1.82) is 0 Å². The molecule has 0 aliphatic heterocycles. The molecule has 0 spiro atoms. The lowest BCUT2D eigenvalue weighted by Gasteiger charge is -2.18. The molecule has 0 aromatic heterocycles. The molecule has 0 heterocycles. The fraction of sp³-hybridized carbons (Fsp3) is 0.857. The zero-order chi connectivity index (χ0) is 6.69. The second-order valence-corrected chi connectivity index (χ2v) is 2.55. The van der Waals surface area contributed by atoms with E-state index in [9.17, 15) is 4.79 Å². The van der Waals surface area contributed by atoms with Crippen LogP contribution in [0.4, 0.5) is 0 Å². The van der Waals surface area contributed by atoms with Gasteiger partial charge >= 0.3 is 0 Å². The Morgan fingerprint density at radius 2 is 2.33 bits per heavy atom. The summed E-state index contributed by atoms with van der Waals surface area (Å²) in [5, 5.41) is 3.00. The summed E-state index contributed by atoms with van der Waals surface area (Å²) in [6, 6.07) is 0.166. The number of likely N-dealkylation sites (N-methyl/N-ethyl adjacent to an activating group) is 1. The summed E-state index contributed by atoms with van der Waals surface area (Å²) in [5.41, 5.74) is 0. The summed E-state index contributed by atoms with van der Waals surface area (Å²) in [5.74, 6) is 0.392. The molecule has 0 bridgehead atoms.